The van der Waals surface area contributed by atoms with Gasteiger partial charge in [0.1, 0.15) is 0 Å². The van der Waals surface area contributed by atoms with Crippen molar-refractivity contribution in [1.29, 1.82) is 5.26 Å². The smallest absolute Gasteiger partial charge is 0.346 e. The number of benzene rings is 2. The van der Waals surface area contributed by atoms with Crippen LogP contribution in [0.5, 0.6) is 0 Å². The number of rotatable bonds is 3. The van der Waals surface area contributed by atoms with E-state index in [-0.39, 0.29) is 11.6 Å². The molecule has 0 saturated heterocycles. The van der Waals surface area contributed by atoms with Crippen LogP contribution in [0.15, 0.2) is 48.5 Å². The molecule has 0 radical (unpaired) electrons. The van der Waals surface area contributed by atoms with Crippen molar-refractivity contribution in [2.24, 2.45) is 0 Å². The van der Waals surface area contributed by atoms with Crippen molar-refractivity contribution in [3.8, 4) is 6.07 Å². The van der Waals surface area contributed by atoms with Crippen LogP contribution in [0.4, 0.5) is 13.2 Å². The number of nitrogens with one attached hydrogen (secondary N) is 1. The summed E-state index contributed by atoms with van der Waals surface area (Å²) >= 11 is 0. The Morgan fingerprint density at radius 2 is 1.65 bits per heavy atom. The number of hydrogen-bond donors (Lipinski definition) is 1. The van der Waals surface area contributed by atoms with Crippen LogP contribution in [0.2, 0.25) is 0 Å². The van der Waals surface area contributed by atoms with E-state index in [4.69, 9.17) is 5.26 Å². The van der Waals surface area contributed by atoms with E-state index < -0.39 is 17.6 Å². The van der Waals surface area contributed by atoms with Gasteiger partial charge in [-0.2, -0.15) is 18.4 Å². The van der Waals surface area contributed by atoms with E-state index in [2.05, 4.69) is 5.32 Å². The molecular weight excluding hydrogens is 305 g/mol. The van der Waals surface area contributed by atoms with Crippen LogP contribution < -0.4 is 5.32 Å². The summed E-state index contributed by atoms with van der Waals surface area (Å²) in [6, 6.07) is 12.4. The van der Waals surface area contributed by atoms with Crippen molar-refractivity contribution >= 4 is 5.91 Å². The van der Waals surface area contributed by atoms with Crippen molar-refractivity contribution in [3.05, 3.63) is 70.8 Å². The van der Waals surface area contributed by atoms with Gasteiger partial charge in [-0.15, -0.1) is 0 Å². The third-order valence-electron chi connectivity index (χ3n) is 3.36. The maximum Gasteiger partial charge on any atom is 0.416 e. The largest absolute Gasteiger partial charge is 0.416 e. The Morgan fingerprint density at radius 3 is 2.13 bits per heavy atom. The van der Waals surface area contributed by atoms with Gasteiger partial charge in [0, 0.05) is 5.56 Å². The molecule has 1 amide bonds. The highest BCUT2D eigenvalue weighted by Crippen LogP contribution is 2.29. The van der Waals surface area contributed by atoms with Crippen LogP contribution >= 0.6 is 0 Å². The minimum absolute atomic E-state index is 0.151. The number of carbonyl (C=O) groups excluding carboxylic acids is 1. The molecule has 3 nitrogen and oxygen atoms in total. The molecule has 23 heavy (non-hydrogen) atoms. The highest BCUT2D eigenvalue weighted by Gasteiger charge is 2.30. The SMILES string of the molecule is CC(NC(=O)c1ccc(C(F)(F)F)cc1)c1ccc(C#N)cc1. The number of nitrogens with zero attached hydrogens (tertiary/aromatic N) is 1. The van der Waals surface area contributed by atoms with Crippen LogP contribution in [-0.2, 0) is 6.18 Å². The first-order chi connectivity index (χ1) is 10.8. The summed E-state index contributed by atoms with van der Waals surface area (Å²) < 4.78 is 37.5. The third kappa shape index (κ3) is 4.10. The molecule has 1 N–H and O–H groups in total. The molecule has 118 valence electrons. The van der Waals surface area contributed by atoms with Crippen molar-refractivity contribution in [2.45, 2.75) is 19.1 Å². The summed E-state index contributed by atoms with van der Waals surface area (Å²) in [6.45, 7) is 1.75. The van der Waals surface area contributed by atoms with Crippen LogP contribution in [0.1, 0.15) is 40.0 Å². The monoisotopic (exact) mass is 318 g/mol. The standard InChI is InChI=1S/C17H13F3N2O/c1-11(13-4-2-12(10-21)3-5-13)22-16(23)14-6-8-15(9-7-14)17(18,19)20/h2-9,11H,1H3,(H,22,23). The second kappa shape index (κ2) is 6.53. The van der Waals surface area contributed by atoms with Crippen molar-refractivity contribution < 1.29 is 18.0 Å². The van der Waals surface area contributed by atoms with Gasteiger partial charge in [-0.25, -0.2) is 0 Å². The predicted octanol–water partition coefficient (Wildman–Crippen LogP) is 4.07. The van der Waals surface area contributed by atoms with Gasteiger partial charge in [0.2, 0.25) is 0 Å². The molecule has 0 fully saturated rings. The van der Waals surface area contributed by atoms with E-state index in [9.17, 15) is 18.0 Å². The van der Waals surface area contributed by atoms with E-state index in [0.717, 1.165) is 29.8 Å². The van der Waals surface area contributed by atoms with E-state index >= 15 is 0 Å². The lowest BCUT2D eigenvalue weighted by Gasteiger charge is -2.15. The van der Waals surface area contributed by atoms with Crippen LogP contribution in [-0.4, -0.2) is 5.91 Å². The molecule has 0 saturated carbocycles. The molecule has 2 aromatic carbocycles. The molecule has 0 aliphatic rings. The van der Waals surface area contributed by atoms with Crippen molar-refractivity contribution in [2.75, 3.05) is 0 Å². The molecule has 2 aromatic rings. The number of alkyl halides is 3. The number of amides is 1. The second-order valence-electron chi connectivity index (χ2n) is 5.00. The number of halogens is 3. The maximum absolute atomic E-state index is 12.5. The fraction of sp³-hybridized carbons (Fsp3) is 0.176. The first-order valence-electron chi connectivity index (χ1n) is 6.79. The first-order valence-corrected chi connectivity index (χ1v) is 6.79. The summed E-state index contributed by atoms with van der Waals surface area (Å²) in [5, 5.41) is 11.4. The van der Waals surface area contributed by atoms with Crippen LogP contribution in [0.3, 0.4) is 0 Å². The van der Waals surface area contributed by atoms with Gasteiger partial charge >= 0.3 is 6.18 Å². The zero-order chi connectivity index (χ0) is 17.0. The number of nitriles is 1. The number of hydrogen-bond acceptors (Lipinski definition) is 2. The third-order valence-corrected chi connectivity index (χ3v) is 3.36. The van der Waals surface area contributed by atoms with Crippen LogP contribution in [0.25, 0.3) is 0 Å². The molecule has 0 aromatic heterocycles. The highest BCUT2D eigenvalue weighted by atomic mass is 19.4. The Morgan fingerprint density at radius 1 is 1.09 bits per heavy atom. The summed E-state index contributed by atoms with van der Waals surface area (Å²) in [5.41, 5.74) is 0.659. The maximum atomic E-state index is 12.5. The van der Waals surface area contributed by atoms with Gasteiger partial charge in [-0.3, -0.25) is 4.79 Å². The Hall–Kier alpha value is -2.81. The Kier molecular flexibility index (Phi) is 4.70. The van der Waals surface area contributed by atoms with Gasteiger partial charge in [0.15, 0.2) is 0 Å². The Balaban J connectivity index is 2.07. The zero-order valence-electron chi connectivity index (χ0n) is 12.2. The van der Waals surface area contributed by atoms with E-state index in [1.807, 2.05) is 6.07 Å². The van der Waals surface area contributed by atoms with E-state index in [1.54, 1.807) is 31.2 Å². The molecule has 6 heteroatoms. The average Bonchev–Trinajstić information content (AvgIpc) is 2.54. The van der Waals surface area contributed by atoms with Gasteiger partial charge in [0.05, 0.1) is 23.2 Å². The number of carbonyl (C=O) groups is 1. The lowest BCUT2D eigenvalue weighted by molar-refractivity contribution is -0.137. The van der Waals surface area contributed by atoms with Gasteiger partial charge in [-0.1, -0.05) is 12.1 Å². The van der Waals surface area contributed by atoms with Crippen LogP contribution in [0, 0.1) is 11.3 Å². The van der Waals surface area contributed by atoms with Gasteiger partial charge in [-0.05, 0) is 48.9 Å². The molecule has 0 aliphatic heterocycles. The molecule has 1 atom stereocenters. The van der Waals surface area contributed by atoms with Crippen molar-refractivity contribution in [3.63, 3.8) is 0 Å². The summed E-state index contributed by atoms with van der Waals surface area (Å²) in [6.07, 6.45) is -4.43. The second-order valence-corrected chi connectivity index (χ2v) is 5.00. The van der Waals surface area contributed by atoms with Crippen molar-refractivity contribution in [1.82, 2.24) is 5.32 Å². The predicted molar refractivity (Wildman–Crippen MR) is 78.5 cm³/mol. The fourth-order valence-corrected chi connectivity index (χ4v) is 2.02. The highest BCUT2D eigenvalue weighted by molar-refractivity contribution is 5.94. The Bertz CT molecular complexity index is 728. The van der Waals surface area contributed by atoms with E-state index in [0.29, 0.717) is 5.56 Å². The summed E-state index contributed by atoms with van der Waals surface area (Å²) in [4.78, 5) is 12.1. The molecule has 0 aliphatic carbocycles. The van der Waals surface area contributed by atoms with Gasteiger partial charge < -0.3 is 5.32 Å². The lowest BCUT2D eigenvalue weighted by Crippen LogP contribution is -2.26. The summed E-state index contributed by atoms with van der Waals surface area (Å²) in [5.74, 6) is -0.462. The molecule has 0 heterocycles. The topological polar surface area (TPSA) is 52.9 Å². The zero-order valence-corrected chi connectivity index (χ0v) is 12.2. The quantitative estimate of drug-likeness (QED) is 0.927. The minimum atomic E-state index is -4.43. The first kappa shape index (κ1) is 16.6. The average molecular weight is 318 g/mol. The molecular formula is C17H13F3N2O. The normalized spacial score (nSPS) is 12.3. The lowest BCUT2D eigenvalue weighted by atomic mass is 10.1. The summed E-state index contributed by atoms with van der Waals surface area (Å²) in [7, 11) is 0. The molecule has 0 spiro atoms. The Labute approximate surface area is 131 Å². The minimum Gasteiger partial charge on any atom is -0.346 e. The molecule has 0 bridgehead atoms. The molecule has 2 rings (SSSR count). The fourth-order valence-electron chi connectivity index (χ4n) is 2.02. The van der Waals surface area contributed by atoms with E-state index in [1.165, 1.54) is 0 Å². The molecule has 1 unspecified atom stereocenters. The van der Waals surface area contributed by atoms with Gasteiger partial charge in [0.25, 0.3) is 5.91 Å².